The third-order valence-corrected chi connectivity index (χ3v) is 4.32. The zero-order valence-electron chi connectivity index (χ0n) is 11.5. The van der Waals surface area contributed by atoms with E-state index >= 15 is 0 Å². The first-order valence-electron chi connectivity index (χ1n) is 6.65. The summed E-state index contributed by atoms with van der Waals surface area (Å²) in [6.07, 6.45) is 0.898. The van der Waals surface area contributed by atoms with Crippen molar-refractivity contribution in [2.75, 3.05) is 31.5 Å². The van der Waals surface area contributed by atoms with Crippen molar-refractivity contribution in [1.29, 1.82) is 0 Å². The molecule has 5 heteroatoms. The van der Waals surface area contributed by atoms with E-state index in [1.807, 2.05) is 6.92 Å². The van der Waals surface area contributed by atoms with Gasteiger partial charge >= 0.3 is 11.8 Å². The minimum absolute atomic E-state index is 0.332. The van der Waals surface area contributed by atoms with Crippen molar-refractivity contribution in [2.45, 2.75) is 27.2 Å². The summed E-state index contributed by atoms with van der Waals surface area (Å²) in [5.74, 6) is 0.238. The summed E-state index contributed by atoms with van der Waals surface area (Å²) in [5, 5.41) is 0.862. The molecule has 1 fully saturated rings. The molecule has 4 nitrogen and oxygen atoms in total. The van der Waals surface area contributed by atoms with Crippen LogP contribution in [-0.2, 0) is 9.59 Å². The molecule has 1 saturated heterocycles. The van der Waals surface area contributed by atoms with Crippen molar-refractivity contribution in [3.8, 4) is 0 Å². The van der Waals surface area contributed by atoms with Crippen LogP contribution in [0, 0.1) is 11.8 Å². The fraction of sp³-hybridized carbons (Fsp3) is 0.846. The van der Waals surface area contributed by atoms with Gasteiger partial charge in [0.05, 0.1) is 0 Å². The second kappa shape index (κ2) is 7.12. The van der Waals surface area contributed by atoms with E-state index in [0.717, 1.165) is 11.8 Å². The summed E-state index contributed by atoms with van der Waals surface area (Å²) in [4.78, 5) is 27.3. The van der Waals surface area contributed by atoms with Crippen LogP contribution in [0.25, 0.3) is 0 Å². The summed E-state index contributed by atoms with van der Waals surface area (Å²) >= 11 is 3.48. The number of nitrogens with zero attached hydrogens (tertiary/aromatic N) is 2. The summed E-state index contributed by atoms with van der Waals surface area (Å²) in [7, 11) is 0. The first kappa shape index (κ1) is 15.5. The van der Waals surface area contributed by atoms with E-state index in [1.54, 1.807) is 9.80 Å². The lowest BCUT2D eigenvalue weighted by atomic mass is 9.97. The van der Waals surface area contributed by atoms with Gasteiger partial charge in [-0.2, -0.15) is 0 Å². The fourth-order valence-electron chi connectivity index (χ4n) is 2.09. The number of piperazine rings is 1. The predicted octanol–water partition coefficient (Wildman–Crippen LogP) is 1.73. The Hall–Kier alpha value is -0.580. The molecule has 0 aromatic carbocycles. The summed E-state index contributed by atoms with van der Waals surface area (Å²) in [6.45, 7) is 9.01. The fourth-order valence-corrected chi connectivity index (χ4v) is 3.05. The molecule has 0 aromatic heterocycles. The maximum atomic E-state index is 12.0. The van der Waals surface area contributed by atoms with Crippen molar-refractivity contribution < 1.29 is 9.59 Å². The summed E-state index contributed by atoms with van der Waals surface area (Å²) in [5.41, 5.74) is 0. The van der Waals surface area contributed by atoms with E-state index in [0.29, 0.717) is 38.0 Å². The molecule has 1 aliphatic rings. The smallest absolute Gasteiger partial charge is 0.312 e. The van der Waals surface area contributed by atoms with E-state index in [4.69, 9.17) is 0 Å². The van der Waals surface area contributed by atoms with Crippen LogP contribution < -0.4 is 0 Å². The third-order valence-electron chi connectivity index (χ3n) is 3.49. The molecule has 1 rings (SSSR count). The average molecular weight is 319 g/mol. The van der Waals surface area contributed by atoms with Gasteiger partial charge in [0.2, 0.25) is 0 Å². The molecule has 0 radical (unpaired) electrons. The second-order valence-electron chi connectivity index (χ2n) is 5.20. The maximum Gasteiger partial charge on any atom is 0.312 e. The standard InChI is InChI=1S/C13H23BrN2O2/c1-4-5-15-6-7-16(13(18)12(15)17)9-11(8-14)10(2)3/h10-11H,4-9H2,1-3H3. The maximum absolute atomic E-state index is 12.0. The second-order valence-corrected chi connectivity index (χ2v) is 5.85. The van der Waals surface area contributed by atoms with Crippen molar-refractivity contribution in [2.24, 2.45) is 11.8 Å². The monoisotopic (exact) mass is 318 g/mol. The lowest BCUT2D eigenvalue weighted by Gasteiger charge is -2.36. The Kier molecular flexibility index (Phi) is 6.12. The lowest BCUT2D eigenvalue weighted by Crippen LogP contribution is -2.55. The van der Waals surface area contributed by atoms with Gasteiger partial charge in [-0.1, -0.05) is 36.7 Å². The Labute approximate surface area is 118 Å². The molecule has 104 valence electrons. The lowest BCUT2D eigenvalue weighted by molar-refractivity contribution is -0.156. The average Bonchev–Trinajstić information content (AvgIpc) is 2.34. The zero-order valence-corrected chi connectivity index (χ0v) is 13.1. The normalized spacial score (nSPS) is 18.7. The van der Waals surface area contributed by atoms with Gasteiger partial charge in [0.15, 0.2) is 0 Å². The van der Waals surface area contributed by atoms with Crippen LogP contribution in [0.15, 0.2) is 0 Å². The molecular formula is C13H23BrN2O2. The number of rotatable bonds is 6. The number of amides is 2. The highest BCUT2D eigenvalue weighted by Crippen LogP contribution is 2.17. The Morgan fingerprint density at radius 3 is 2.22 bits per heavy atom. The highest BCUT2D eigenvalue weighted by atomic mass is 79.9. The van der Waals surface area contributed by atoms with Crippen LogP contribution in [0.1, 0.15) is 27.2 Å². The molecule has 18 heavy (non-hydrogen) atoms. The van der Waals surface area contributed by atoms with Crippen LogP contribution in [0.3, 0.4) is 0 Å². The first-order chi connectivity index (χ1) is 8.51. The molecule has 0 saturated carbocycles. The number of carbonyl (C=O) groups excluding carboxylic acids is 2. The molecule has 0 aliphatic carbocycles. The molecule has 1 aliphatic heterocycles. The largest absolute Gasteiger partial charge is 0.333 e. The highest BCUT2D eigenvalue weighted by Gasteiger charge is 2.33. The molecule has 1 heterocycles. The zero-order chi connectivity index (χ0) is 13.7. The number of carbonyl (C=O) groups is 2. The quantitative estimate of drug-likeness (QED) is 0.553. The van der Waals surface area contributed by atoms with Gasteiger partial charge in [0.1, 0.15) is 0 Å². The molecule has 2 amide bonds. The Balaban J connectivity index is 2.60. The Morgan fingerprint density at radius 2 is 1.72 bits per heavy atom. The van der Waals surface area contributed by atoms with Crippen molar-refractivity contribution in [3.05, 3.63) is 0 Å². The highest BCUT2D eigenvalue weighted by molar-refractivity contribution is 9.09. The number of halogens is 1. The van der Waals surface area contributed by atoms with E-state index in [2.05, 4.69) is 29.8 Å². The summed E-state index contributed by atoms with van der Waals surface area (Å²) in [6, 6.07) is 0. The van der Waals surface area contributed by atoms with Crippen molar-refractivity contribution >= 4 is 27.7 Å². The van der Waals surface area contributed by atoms with Crippen LogP contribution in [0.4, 0.5) is 0 Å². The molecule has 1 unspecified atom stereocenters. The summed E-state index contributed by atoms with van der Waals surface area (Å²) < 4.78 is 0. The Bertz CT molecular complexity index is 307. The van der Waals surface area contributed by atoms with E-state index in [-0.39, 0.29) is 11.8 Å². The van der Waals surface area contributed by atoms with E-state index < -0.39 is 0 Å². The van der Waals surface area contributed by atoms with E-state index in [1.165, 1.54) is 0 Å². The minimum Gasteiger partial charge on any atom is -0.333 e. The van der Waals surface area contributed by atoms with Crippen LogP contribution >= 0.6 is 15.9 Å². The number of alkyl halides is 1. The van der Waals surface area contributed by atoms with Gasteiger partial charge in [0.25, 0.3) is 0 Å². The first-order valence-corrected chi connectivity index (χ1v) is 7.77. The molecule has 0 aromatic rings. The minimum atomic E-state index is -0.333. The number of hydrogen-bond donors (Lipinski definition) is 0. The van der Waals surface area contributed by atoms with Crippen molar-refractivity contribution in [3.63, 3.8) is 0 Å². The van der Waals surface area contributed by atoms with E-state index in [9.17, 15) is 9.59 Å². The molecular weight excluding hydrogens is 296 g/mol. The topological polar surface area (TPSA) is 40.6 Å². The van der Waals surface area contributed by atoms with Gasteiger partial charge in [-0.15, -0.1) is 0 Å². The van der Waals surface area contributed by atoms with Crippen LogP contribution in [-0.4, -0.2) is 53.1 Å². The van der Waals surface area contributed by atoms with Gasteiger partial charge in [-0.05, 0) is 18.3 Å². The molecule has 0 bridgehead atoms. The molecule has 1 atom stereocenters. The van der Waals surface area contributed by atoms with Gasteiger partial charge < -0.3 is 9.80 Å². The van der Waals surface area contributed by atoms with Gasteiger partial charge in [-0.25, -0.2) is 0 Å². The van der Waals surface area contributed by atoms with Crippen LogP contribution in [0.2, 0.25) is 0 Å². The third kappa shape index (κ3) is 3.70. The molecule has 0 spiro atoms. The van der Waals surface area contributed by atoms with Gasteiger partial charge in [-0.3, -0.25) is 9.59 Å². The molecule has 0 N–H and O–H groups in total. The Morgan fingerprint density at radius 1 is 1.17 bits per heavy atom. The van der Waals surface area contributed by atoms with Crippen LogP contribution in [0.5, 0.6) is 0 Å². The number of hydrogen-bond acceptors (Lipinski definition) is 2. The van der Waals surface area contributed by atoms with Crippen molar-refractivity contribution in [1.82, 2.24) is 9.80 Å². The predicted molar refractivity (Wildman–Crippen MR) is 75.6 cm³/mol. The van der Waals surface area contributed by atoms with Gasteiger partial charge in [0, 0.05) is 31.5 Å². The SMILES string of the molecule is CCCN1CCN(CC(CBr)C(C)C)C(=O)C1=O.